The molecule has 0 bridgehead atoms. The third kappa shape index (κ3) is 2.78. The first-order chi connectivity index (χ1) is 5.68. The van der Waals surface area contributed by atoms with Gasteiger partial charge in [-0.05, 0) is 5.92 Å². The van der Waals surface area contributed by atoms with Crippen LogP contribution in [0.5, 0.6) is 5.75 Å². The lowest BCUT2D eigenvalue weighted by Gasteiger charge is -2.07. The molecule has 3 nitrogen and oxygen atoms in total. The van der Waals surface area contributed by atoms with Crippen LogP contribution in [0.4, 0.5) is 0 Å². The van der Waals surface area contributed by atoms with Crippen LogP contribution in [-0.4, -0.2) is 6.61 Å². The molecule has 0 N–H and O–H groups in total. The molecule has 0 atom stereocenters. The van der Waals surface area contributed by atoms with E-state index in [2.05, 4.69) is 13.8 Å². The largest absolute Gasteiger partial charge is 0.619 e. The van der Waals surface area contributed by atoms with Crippen LogP contribution in [0.25, 0.3) is 0 Å². The summed E-state index contributed by atoms with van der Waals surface area (Å²) in [7, 11) is 0. The van der Waals surface area contributed by atoms with E-state index in [4.69, 9.17) is 4.74 Å². The van der Waals surface area contributed by atoms with Crippen molar-refractivity contribution in [2.24, 2.45) is 5.92 Å². The predicted octanol–water partition coefficient (Wildman–Crippen LogP) is 1.35. The van der Waals surface area contributed by atoms with Crippen molar-refractivity contribution < 1.29 is 9.47 Å². The molecular weight excluding hydrogens is 154 g/mol. The average Bonchev–Trinajstić information content (AvgIpc) is 2.03. The van der Waals surface area contributed by atoms with E-state index in [9.17, 15) is 5.21 Å². The highest BCUT2D eigenvalue weighted by Crippen LogP contribution is 2.07. The third-order valence-electron chi connectivity index (χ3n) is 1.35. The Morgan fingerprint density at radius 3 is 2.50 bits per heavy atom. The zero-order valence-electron chi connectivity index (χ0n) is 7.36. The Hall–Kier alpha value is -1.25. The minimum absolute atomic E-state index is 0.504. The Morgan fingerprint density at radius 2 is 2.00 bits per heavy atom. The van der Waals surface area contributed by atoms with Gasteiger partial charge in [-0.25, -0.2) is 0 Å². The van der Waals surface area contributed by atoms with Crippen molar-refractivity contribution in [2.75, 3.05) is 6.61 Å². The van der Waals surface area contributed by atoms with Crippen LogP contribution >= 0.6 is 0 Å². The highest BCUT2D eigenvalue weighted by atomic mass is 16.5. The summed E-state index contributed by atoms with van der Waals surface area (Å²) >= 11 is 0. The molecular formula is C9H13NO2. The number of nitrogens with zero attached hydrogens (tertiary/aromatic N) is 1. The SMILES string of the molecule is CC(C)COc1cc[n+]([O-])cc1. The molecule has 1 aromatic rings. The van der Waals surface area contributed by atoms with Gasteiger partial charge in [0.25, 0.3) is 0 Å². The second-order valence-electron chi connectivity index (χ2n) is 3.10. The Balaban J connectivity index is 2.48. The third-order valence-corrected chi connectivity index (χ3v) is 1.35. The van der Waals surface area contributed by atoms with E-state index in [1.165, 1.54) is 12.4 Å². The highest BCUT2D eigenvalue weighted by molar-refractivity contribution is 5.14. The molecule has 3 heteroatoms. The smallest absolute Gasteiger partial charge is 0.184 e. The van der Waals surface area contributed by atoms with E-state index in [0.717, 1.165) is 10.5 Å². The van der Waals surface area contributed by atoms with Crippen LogP contribution in [0.2, 0.25) is 0 Å². The van der Waals surface area contributed by atoms with Gasteiger partial charge in [0.05, 0.1) is 6.61 Å². The quantitative estimate of drug-likeness (QED) is 0.503. The van der Waals surface area contributed by atoms with Crippen LogP contribution in [-0.2, 0) is 0 Å². The predicted molar refractivity (Wildman–Crippen MR) is 45.7 cm³/mol. The zero-order valence-corrected chi connectivity index (χ0v) is 7.36. The van der Waals surface area contributed by atoms with Crippen molar-refractivity contribution in [3.05, 3.63) is 29.7 Å². The first-order valence-corrected chi connectivity index (χ1v) is 4.00. The molecule has 0 saturated heterocycles. The van der Waals surface area contributed by atoms with E-state index < -0.39 is 0 Å². The number of ether oxygens (including phenoxy) is 1. The fourth-order valence-corrected chi connectivity index (χ4v) is 0.758. The van der Waals surface area contributed by atoms with Gasteiger partial charge >= 0.3 is 0 Å². The standard InChI is InChI=1S/C9H13NO2/c1-8(2)7-12-9-3-5-10(11)6-4-9/h3-6,8H,7H2,1-2H3. The topological polar surface area (TPSA) is 36.2 Å². The van der Waals surface area contributed by atoms with Crippen LogP contribution in [0.3, 0.4) is 0 Å². The normalized spacial score (nSPS) is 10.2. The summed E-state index contributed by atoms with van der Waals surface area (Å²) in [5.74, 6) is 1.25. The van der Waals surface area contributed by atoms with E-state index in [-0.39, 0.29) is 0 Å². The molecule has 0 aliphatic carbocycles. The molecule has 0 amide bonds. The second-order valence-corrected chi connectivity index (χ2v) is 3.10. The van der Waals surface area contributed by atoms with Crippen LogP contribution in [0, 0.1) is 11.1 Å². The molecule has 0 saturated carbocycles. The van der Waals surface area contributed by atoms with Gasteiger partial charge in [-0.1, -0.05) is 13.8 Å². The molecule has 0 aromatic carbocycles. The lowest BCUT2D eigenvalue weighted by Crippen LogP contribution is -2.23. The van der Waals surface area contributed by atoms with Crippen LogP contribution in [0.15, 0.2) is 24.5 Å². The molecule has 0 fully saturated rings. The highest BCUT2D eigenvalue weighted by Gasteiger charge is 1.97. The monoisotopic (exact) mass is 167 g/mol. The van der Waals surface area contributed by atoms with Gasteiger partial charge in [-0.15, -0.1) is 0 Å². The molecule has 0 aliphatic heterocycles. The van der Waals surface area contributed by atoms with Gasteiger partial charge in [0, 0.05) is 12.1 Å². The fraction of sp³-hybridized carbons (Fsp3) is 0.444. The molecule has 0 spiro atoms. The van der Waals surface area contributed by atoms with Gasteiger partial charge in [0.1, 0.15) is 5.75 Å². The second kappa shape index (κ2) is 3.95. The summed E-state index contributed by atoms with van der Waals surface area (Å²) in [6.07, 6.45) is 2.85. The van der Waals surface area contributed by atoms with Crippen molar-refractivity contribution >= 4 is 0 Å². The number of pyridine rings is 1. The Bertz CT molecular complexity index is 231. The number of rotatable bonds is 3. The number of hydrogen-bond acceptors (Lipinski definition) is 2. The van der Waals surface area contributed by atoms with E-state index in [1.54, 1.807) is 12.1 Å². The fourth-order valence-electron chi connectivity index (χ4n) is 0.758. The summed E-state index contributed by atoms with van der Waals surface area (Å²) in [5, 5.41) is 10.6. The van der Waals surface area contributed by atoms with E-state index in [1.807, 2.05) is 0 Å². The maximum absolute atomic E-state index is 10.6. The van der Waals surface area contributed by atoms with Gasteiger partial charge in [0.2, 0.25) is 0 Å². The maximum atomic E-state index is 10.6. The molecule has 1 heterocycles. The van der Waals surface area contributed by atoms with Crippen LogP contribution < -0.4 is 9.47 Å². The molecule has 66 valence electrons. The summed E-state index contributed by atoms with van der Waals surface area (Å²) < 4.78 is 6.11. The summed E-state index contributed by atoms with van der Waals surface area (Å²) in [4.78, 5) is 0. The molecule has 12 heavy (non-hydrogen) atoms. The lowest BCUT2D eigenvalue weighted by atomic mass is 10.2. The van der Waals surface area contributed by atoms with Crippen LogP contribution in [0.1, 0.15) is 13.8 Å². The molecule has 0 radical (unpaired) electrons. The van der Waals surface area contributed by atoms with Crippen molar-refractivity contribution in [3.8, 4) is 5.75 Å². The first-order valence-electron chi connectivity index (χ1n) is 4.00. The van der Waals surface area contributed by atoms with Gasteiger partial charge in [-0.3, -0.25) is 0 Å². The molecule has 1 rings (SSSR count). The summed E-state index contributed by atoms with van der Waals surface area (Å²) in [5.41, 5.74) is 0. The van der Waals surface area contributed by atoms with Crippen molar-refractivity contribution in [3.63, 3.8) is 0 Å². The first kappa shape index (κ1) is 8.84. The van der Waals surface area contributed by atoms with E-state index >= 15 is 0 Å². The van der Waals surface area contributed by atoms with Crippen molar-refractivity contribution in [1.82, 2.24) is 0 Å². The van der Waals surface area contributed by atoms with Gasteiger partial charge in [0.15, 0.2) is 12.4 Å². The maximum Gasteiger partial charge on any atom is 0.184 e. The van der Waals surface area contributed by atoms with E-state index in [0.29, 0.717) is 12.5 Å². The average molecular weight is 167 g/mol. The minimum Gasteiger partial charge on any atom is -0.619 e. The Labute approximate surface area is 72.2 Å². The van der Waals surface area contributed by atoms with Gasteiger partial charge < -0.3 is 9.94 Å². The number of aromatic nitrogens is 1. The van der Waals surface area contributed by atoms with Crippen molar-refractivity contribution in [1.29, 1.82) is 0 Å². The van der Waals surface area contributed by atoms with Gasteiger partial charge in [-0.2, -0.15) is 4.73 Å². The molecule has 0 aliphatic rings. The molecule has 0 unspecified atom stereocenters. The Morgan fingerprint density at radius 1 is 1.42 bits per heavy atom. The van der Waals surface area contributed by atoms with Crippen molar-refractivity contribution in [2.45, 2.75) is 13.8 Å². The lowest BCUT2D eigenvalue weighted by molar-refractivity contribution is -0.605. The Kier molecular flexibility index (Phi) is 2.91. The minimum atomic E-state index is 0.504. The zero-order chi connectivity index (χ0) is 8.97. The summed E-state index contributed by atoms with van der Waals surface area (Å²) in [6.45, 7) is 4.84. The molecule has 1 aromatic heterocycles. The number of hydrogen-bond donors (Lipinski definition) is 0. The summed E-state index contributed by atoms with van der Waals surface area (Å²) in [6, 6.07) is 3.32.